The topological polar surface area (TPSA) is 70.2 Å². The Kier molecular flexibility index (Phi) is 5.72. The number of rotatable bonds is 5. The van der Waals surface area contributed by atoms with Crippen molar-refractivity contribution in [2.24, 2.45) is 0 Å². The molecule has 0 bridgehead atoms. The molecule has 1 atom stereocenters. The van der Waals surface area contributed by atoms with E-state index in [0.717, 1.165) is 37.6 Å². The Hall–Kier alpha value is -1.80. The van der Waals surface area contributed by atoms with Crippen molar-refractivity contribution in [3.8, 4) is 5.75 Å². The Morgan fingerprint density at radius 1 is 1.27 bits per heavy atom. The van der Waals surface area contributed by atoms with Crippen molar-refractivity contribution in [3.63, 3.8) is 0 Å². The molecule has 2 heterocycles. The fourth-order valence-corrected chi connectivity index (χ4v) is 5.33. The van der Waals surface area contributed by atoms with Gasteiger partial charge in [-0.15, -0.1) is 0 Å². The van der Waals surface area contributed by atoms with E-state index in [0.29, 0.717) is 13.0 Å². The van der Waals surface area contributed by atoms with E-state index < -0.39 is 9.84 Å². The summed E-state index contributed by atoms with van der Waals surface area (Å²) in [5.41, 5.74) is 1.13. The van der Waals surface area contributed by atoms with Crippen molar-refractivity contribution < 1.29 is 17.9 Å². The van der Waals surface area contributed by atoms with Crippen molar-refractivity contribution >= 4 is 21.4 Å². The zero-order valence-corrected chi connectivity index (χ0v) is 16.2. The van der Waals surface area contributed by atoms with Crippen LogP contribution < -0.4 is 9.64 Å². The molecule has 3 rings (SSSR count). The number of likely N-dealkylation sites (N-methyl/N-ethyl adjacent to an activating group) is 1. The molecule has 2 fully saturated rings. The molecule has 2 aliphatic heterocycles. The number of carbonyl (C=O) groups excluding carboxylic acids is 1. The molecule has 0 radical (unpaired) electrons. The molecule has 7 nitrogen and oxygen atoms in total. The van der Waals surface area contributed by atoms with Crippen LogP contribution in [0.4, 0.5) is 5.69 Å². The number of hydrogen-bond acceptors (Lipinski definition) is 6. The van der Waals surface area contributed by atoms with Crippen LogP contribution in [0.1, 0.15) is 6.42 Å². The number of piperazine rings is 1. The molecule has 1 amide bonds. The number of benzene rings is 1. The minimum absolute atomic E-state index is 0.00179. The van der Waals surface area contributed by atoms with Gasteiger partial charge in [0, 0.05) is 51.0 Å². The van der Waals surface area contributed by atoms with E-state index in [2.05, 4.69) is 15.9 Å². The Labute approximate surface area is 155 Å². The molecule has 2 aliphatic rings. The number of amides is 1. The van der Waals surface area contributed by atoms with Gasteiger partial charge in [0.05, 0.1) is 25.2 Å². The lowest BCUT2D eigenvalue weighted by molar-refractivity contribution is -0.132. The molecule has 26 heavy (non-hydrogen) atoms. The predicted molar refractivity (Wildman–Crippen MR) is 101 cm³/mol. The van der Waals surface area contributed by atoms with Crippen LogP contribution >= 0.6 is 0 Å². The van der Waals surface area contributed by atoms with E-state index in [4.69, 9.17) is 4.74 Å². The van der Waals surface area contributed by atoms with Gasteiger partial charge in [0.2, 0.25) is 5.91 Å². The molecular weight excluding hydrogens is 354 g/mol. The average molecular weight is 381 g/mol. The molecule has 0 aliphatic carbocycles. The van der Waals surface area contributed by atoms with Gasteiger partial charge in [-0.2, -0.15) is 0 Å². The van der Waals surface area contributed by atoms with E-state index in [1.54, 1.807) is 19.1 Å². The smallest absolute Gasteiger partial charge is 0.236 e. The third-order valence-corrected chi connectivity index (χ3v) is 7.05. The molecule has 0 aromatic heterocycles. The van der Waals surface area contributed by atoms with Crippen LogP contribution in [0, 0.1) is 0 Å². The zero-order chi connectivity index (χ0) is 18.7. The third kappa shape index (κ3) is 4.48. The monoisotopic (exact) mass is 381 g/mol. The van der Waals surface area contributed by atoms with E-state index in [-0.39, 0.29) is 23.5 Å². The van der Waals surface area contributed by atoms with Crippen LogP contribution in [0.2, 0.25) is 0 Å². The minimum Gasteiger partial charge on any atom is -0.497 e. The van der Waals surface area contributed by atoms with Crippen molar-refractivity contribution in [1.82, 2.24) is 9.80 Å². The summed E-state index contributed by atoms with van der Waals surface area (Å²) in [6, 6.07) is 7.82. The highest BCUT2D eigenvalue weighted by atomic mass is 32.2. The lowest BCUT2D eigenvalue weighted by atomic mass is 10.2. The Balaban J connectivity index is 1.49. The van der Waals surface area contributed by atoms with Crippen LogP contribution in [-0.2, 0) is 14.6 Å². The maximum atomic E-state index is 12.5. The van der Waals surface area contributed by atoms with Gasteiger partial charge in [0.15, 0.2) is 9.84 Å². The number of carbonyl (C=O) groups is 1. The van der Waals surface area contributed by atoms with Crippen molar-refractivity contribution in [2.75, 3.05) is 63.3 Å². The molecule has 144 valence electrons. The number of anilines is 1. The van der Waals surface area contributed by atoms with Crippen LogP contribution in [0.5, 0.6) is 5.75 Å². The van der Waals surface area contributed by atoms with Crippen molar-refractivity contribution in [1.29, 1.82) is 0 Å². The normalized spacial score (nSPS) is 23.0. The second-order valence-corrected chi connectivity index (χ2v) is 9.25. The van der Waals surface area contributed by atoms with Crippen molar-refractivity contribution in [3.05, 3.63) is 24.3 Å². The van der Waals surface area contributed by atoms with Gasteiger partial charge in [-0.25, -0.2) is 8.42 Å². The molecule has 0 saturated carbocycles. The first-order valence-corrected chi connectivity index (χ1v) is 10.8. The van der Waals surface area contributed by atoms with Gasteiger partial charge in [0.25, 0.3) is 0 Å². The predicted octanol–water partition coefficient (Wildman–Crippen LogP) is 0.463. The zero-order valence-electron chi connectivity index (χ0n) is 15.4. The van der Waals surface area contributed by atoms with Gasteiger partial charge in [0.1, 0.15) is 5.75 Å². The Morgan fingerprint density at radius 2 is 2.00 bits per heavy atom. The maximum absolute atomic E-state index is 12.5. The van der Waals surface area contributed by atoms with Crippen molar-refractivity contribution in [2.45, 2.75) is 12.5 Å². The van der Waals surface area contributed by atoms with Crippen LogP contribution in [0.15, 0.2) is 24.3 Å². The molecular formula is C18H27N3O4S. The molecule has 1 aromatic carbocycles. The third-order valence-electron chi connectivity index (χ3n) is 5.30. The van der Waals surface area contributed by atoms with Crippen LogP contribution in [0.3, 0.4) is 0 Å². The molecule has 0 N–H and O–H groups in total. The molecule has 2 saturated heterocycles. The van der Waals surface area contributed by atoms with Gasteiger partial charge in [-0.3, -0.25) is 9.69 Å². The number of methoxy groups -OCH3 is 1. The summed E-state index contributed by atoms with van der Waals surface area (Å²) in [5, 5.41) is 0. The fraction of sp³-hybridized carbons (Fsp3) is 0.611. The minimum atomic E-state index is -2.98. The summed E-state index contributed by atoms with van der Waals surface area (Å²) in [6.07, 6.45) is 0.550. The Bertz CT molecular complexity index is 745. The van der Waals surface area contributed by atoms with E-state index >= 15 is 0 Å². The fourth-order valence-electron chi connectivity index (χ4n) is 3.56. The lowest BCUT2D eigenvalue weighted by Crippen LogP contribution is -2.51. The number of ether oxygens (including phenoxy) is 1. The summed E-state index contributed by atoms with van der Waals surface area (Å²) in [5.74, 6) is 1.13. The average Bonchev–Trinajstić information content (AvgIpc) is 3.01. The van der Waals surface area contributed by atoms with Gasteiger partial charge >= 0.3 is 0 Å². The number of nitrogens with zero attached hydrogens (tertiary/aromatic N) is 3. The first-order valence-electron chi connectivity index (χ1n) is 8.95. The first kappa shape index (κ1) is 19.0. The van der Waals surface area contributed by atoms with Gasteiger partial charge in [-0.05, 0) is 18.6 Å². The highest BCUT2D eigenvalue weighted by molar-refractivity contribution is 7.91. The van der Waals surface area contributed by atoms with E-state index in [9.17, 15) is 13.2 Å². The quantitative estimate of drug-likeness (QED) is 0.738. The highest BCUT2D eigenvalue weighted by Crippen LogP contribution is 2.22. The summed E-state index contributed by atoms with van der Waals surface area (Å²) in [4.78, 5) is 18.6. The summed E-state index contributed by atoms with van der Waals surface area (Å²) < 4.78 is 28.5. The van der Waals surface area contributed by atoms with E-state index in [1.807, 2.05) is 18.2 Å². The standard InChI is InChI=1S/C18H27N3O4S/c1-19(16-6-11-26(23,24)14-16)18(22)13-20-7-9-21(10-8-20)15-4-3-5-17(12-15)25-2/h3-5,12,16H,6-11,13-14H2,1-2H3/t16-/m1/s1. The molecule has 0 unspecified atom stereocenters. The Morgan fingerprint density at radius 3 is 2.62 bits per heavy atom. The lowest BCUT2D eigenvalue weighted by Gasteiger charge is -2.36. The first-order chi connectivity index (χ1) is 12.4. The summed E-state index contributed by atoms with van der Waals surface area (Å²) in [7, 11) is 0.409. The number of sulfone groups is 1. The van der Waals surface area contributed by atoms with Crippen LogP contribution in [-0.4, -0.2) is 88.6 Å². The molecule has 8 heteroatoms. The largest absolute Gasteiger partial charge is 0.497 e. The second-order valence-electron chi connectivity index (χ2n) is 7.03. The van der Waals surface area contributed by atoms with Crippen LogP contribution in [0.25, 0.3) is 0 Å². The van der Waals surface area contributed by atoms with Gasteiger partial charge < -0.3 is 14.5 Å². The maximum Gasteiger partial charge on any atom is 0.236 e. The van der Waals surface area contributed by atoms with E-state index in [1.165, 1.54) is 0 Å². The SMILES string of the molecule is COc1cccc(N2CCN(CC(=O)N(C)[C@@H]3CCS(=O)(=O)C3)CC2)c1. The van der Waals surface area contributed by atoms with Gasteiger partial charge in [-0.1, -0.05) is 6.07 Å². The second kappa shape index (κ2) is 7.84. The number of hydrogen-bond donors (Lipinski definition) is 0. The molecule has 1 aromatic rings. The summed E-state index contributed by atoms with van der Waals surface area (Å²) in [6.45, 7) is 3.66. The molecule has 0 spiro atoms. The highest BCUT2D eigenvalue weighted by Gasteiger charge is 2.33. The summed E-state index contributed by atoms with van der Waals surface area (Å²) >= 11 is 0.